The average molecular weight is 969 g/mol. The maximum Gasteiger partial charge on any atom is 0.160 e. The lowest BCUT2D eigenvalue weighted by molar-refractivity contribution is 1.16. The molecular formula is C70H44N6. The third-order valence-electron chi connectivity index (χ3n) is 15.5. The Hall–Kier alpha value is -10.3. The molecule has 0 saturated heterocycles. The minimum absolute atomic E-state index is 0.693. The zero-order valence-electron chi connectivity index (χ0n) is 41.1. The molecule has 0 saturated carbocycles. The molecule has 0 unspecified atom stereocenters. The maximum absolute atomic E-state index is 5.29. The van der Waals surface area contributed by atoms with Crippen molar-refractivity contribution >= 4 is 87.2 Å². The summed E-state index contributed by atoms with van der Waals surface area (Å²) in [6.07, 6.45) is 0. The maximum atomic E-state index is 5.29. The van der Waals surface area contributed by atoms with Crippen LogP contribution in [0, 0.1) is 0 Å². The number of fused-ring (bicyclic) bond motifs is 14. The van der Waals surface area contributed by atoms with Crippen molar-refractivity contribution in [3.8, 4) is 56.7 Å². The van der Waals surface area contributed by atoms with Crippen molar-refractivity contribution in [2.75, 3.05) is 0 Å². The van der Waals surface area contributed by atoms with E-state index in [-0.39, 0.29) is 0 Å². The minimum Gasteiger partial charge on any atom is -0.309 e. The monoisotopic (exact) mass is 968 g/mol. The van der Waals surface area contributed by atoms with Crippen LogP contribution in [0.1, 0.15) is 0 Å². The molecule has 0 aliphatic rings. The lowest BCUT2D eigenvalue weighted by Crippen LogP contribution is -1.97. The van der Waals surface area contributed by atoms with Gasteiger partial charge in [0.25, 0.3) is 0 Å². The first-order chi connectivity index (χ1) is 37.7. The van der Waals surface area contributed by atoms with Gasteiger partial charge < -0.3 is 18.3 Å². The van der Waals surface area contributed by atoms with Crippen LogP contribution < -0.4 is 0 Å². The second-order valence-corrected chi connectivity index (χ2v) is 19.7. The molecule has 16 rings (SSSR count). The molecule has 0 aliphatic carbocycles. The topological polar surface area (TPSA) is 45.5 Å². The Morgan fingerprint density at radius 2 is 0.645 bits per heavy atom. The molecule has 5 aromatic heterocycles. The highest BCUT2D eigenvalue weighted by atomic mass is 15.0. The second-order valence-electron chi connectivity index (χ2n) is 19.7. The summed E-state index contributed by atoms with van der Waals surface area (Å²) in [7, 11) is 0. The van der Waals surface area contributed by atoms with Gasteiger partial charge in [-0.1, -0.05) is 176 Å². The van der Waals surface area contributed by atoms with Crippen molar-refractivity contribution in [3.63, 3.8) is 0 Å². The van der Waals surface area contributed by atoms with Gasteiger partial charge in [-0.2, -0.15) is 0 Å². The van der Waals surface area contributed by atoms with Crippen LogP contribution in [0.25, 0.3) is 144 Å². The predicted octanol–water partition coefficient (Wildman–Crippen LogP) is 17.9. The molecule has 0 atom stereocenters. The van der Waals surface area contributed by atoms with E-state index >= 15 is 0 Å². The van der Waals surface area contributed by atoms with Gasteiger partial charge in [-0.25, -0.2) is 9.97 Å². The Bertz CT molecular complexity index is 4890. The normalized spacial score (nSPS) is 11.9. The number of rotatable bonds is 7. The molecule has 5 heterocycles. The molecular weight excluding hydrogens is 925 g/mol. The molecule has 0 aliphatic heterocycles. The number of para-hydroxylation sites is 5. The van der Waals surface area contributed by atoms with Gasteiger partial charge in [0, 0.05) is 82.5 Å². The number of aromatic nitrogens is 6. The smallest absolute Gasteiger partial charge is 0.160 e. The van der Waals surface area contributed by atoms with E-state index in [1.165, 1.54) is 54.3 Å². The molecule has 0 N–H and O–H groups in total. The van der Waals surface area contributed by atoms with Crippen molar-refractivity contribution < 1.29 is 0 Å². The van der Waals surface area contributed by atoms with Crippen molar-refractivity contribution in [3.05, 3.63) is 267 Å². The highest BCUT2D eigenvalue weighted by molar-refractivity contribution is 6.28. The summed E-state index contributed by atoms with van der Waals surface area (Å²) in [6, 6.07) is 96.3. The fourth-order valence-electron chi connectivity index (χ4n) is 12.3. The largest absolute Gasteiger partial charge is 0.309 e. The molecule has 0 bridgehead atoms. The molecule has 6 heteroatoms. The number of benzene rings is 11. The highest BCUT2D eigenvalue weighted by Gasteiger charge is 2.25. The SMILES string of the molecule is c1ccc(-c2cc(-c3ccc4c5c(ccc6c7ccccc7n(-c7ccc8c(c7)c7c(ccc9c%10ccccc%10n(-c%10ccccc%10)c97)n8-c7ccccc7)c65)n(-c5ccccc5)c4c3)nc(-c3ccccc3)n2)cc1. The van der Waals surface area contributed by atoms with Gasteiger partial charge in [-0.15, -0.1) is 0 Å². The van der Waals surface area contributed by atoms with Crippen LogP contribution in [-0.2, 0) is 0 Å². The van der Waals surface area contributed by atoms with Crippen LogP contribution in [0.5, 0.6) is 0 Å². The van der Waals surface area contributed by atoms with Gasteiger partial charge in [0.05, 0.1) is 55.5 Å². The van der Waals surface area contributed by atoms with Crippen LogP contribution in [0.3, 0.4) is 0 Å². The summed E-state index contributed by atoms with van der Waals surface area (Å²) in [6.45, 7) is 0. The fraction of sp³-hybridized carbons (Fsp3) is 0. The zero-order chi connectivity index (χ0) is 49.8. The Labute approximate surface area is 436 Å². The van der Waals surface area contributed by atoms with Crippen molar-refractivity contribution in [2.24, 2.45) is 0 Å². The summed E-state index contributed by atoms with van der Waals surface area (Å²) in [5, 5.41) is 9.62. The van der Waals surface area contributed by atoms with Gasteiger partial charge in [0.1, 0.15) is 0 Å². The molecule has 0 spiro atoms. The average Bonchev–Trinajstić information content (AvgIpc) is 4.33. The molecule has 11 aromatic carbocycles. The standard InChI is InChI=1S/C70H44N6/c1-6-20-45(21-7-1)58-44-59(72-70(71-58)46-22-8-2-9-23-46)47-34-36-56-65(42-47)74(49-26-12-4-13-27-49)63-40-37-54-53-31-17-19-33-61(53)76(68(54)66(56)63)51-35-39-62-57(43-51)67-64(73(62)48-24-10-3-11-25-48)41-38-55-52-30-16-18-32-60(52)75(69(55)67)50-28-14-5-15-29-50/h1-44H. The van der Waals surface area contributed by atoms with Gasteiger partial charge >= 0.3 is 0 Å². The van der Waals surface area contributed by atoms with E-state index in [1.807, 2.05) is 24.3 Å². The van der Waals surface area contributed by atoms with Gasteiger partial charge in [0.15, 0.2) is 5.82 Å². The second kappa shape index (κ2) is 16.6. The molecule has 0 fully saturated rings. The van der Waals surface area contributed by atoms with E-state index in [1.54, 1.807) is 0 Å². The van der Waals surface area contributed by atoms with E-state index in [4.69, 9.17) is 9.97 Å². The van der Waals surface area contributed by atoms with E-state index in [9.17, 15) is 0 Å². The number of hydrogen-bond acceptors (Lipinski definition) is 2. The summed E-state index contributed by atoms with van der Waals surface area (Å²) in [4.78, 5) is 10.4. The van der Waals surface area contributed by atoms with Crippen LogP contribution in [0.2, 0.25) is 0 Å². The molecule has 6 nitrogen and oxygen atoms in total. The highest BCUT2D eigenvalue weighted by Crippen LogP contribution is 2.46. The molecule has 0 radical (unpaired) electrons. The van der Waals surface area contributed by atoms with E-state index in [2.05, 4.69) is 261 Å². The van der Waals surface area contributed by atoms with Gasteiger partial charge in [-0.05, 0) is 91.0 Å². The summed E-state index contributed by atoms with van der Waals surface area (Å²) in [5.74, 6) is 0.693. The van der Waals surface area contributed by atoms with Crippen molar-refractivity contribution in [1.29, 1.82) is 0 Å². The summed E-state index contributed by atoms with van der Waals surface area (Å²) < 4.78 is 9.87. The lowest BCUT2D eigenvalue weighted by atomic mass is 10.0. The summed E-state index contributed by atoms with van der Waals surface area (Å²) >= 11 is 0. The van der Waals surface area contributed by atoms with Crippen LogP contribution in [-0.4, -0.2) is 28.2 Å². The predicted molar refractivity (Wildman–Crippen MR) is 316 cm³/mol. The first-order valence-electron chi connectivity index (χ1n) is 25.9. The fourth-order valence-corrected chi connectivity index (χ4v) is 12.3. The first kappa shape index (κ1) is 42.2. The molecule has 76 heavy (non-hydrogen) atoms. The van der Waals surface area contributed by atoms with Gasteiger partial charge in [-0.3, -0.25) is 0 Å². The Morgan fingerprint density at radius 1 is 0.224 bits per heavy atom. The minimum atomic E-state index is 0.693. The van der Waals surface area contributed by atoms with E-state index < -0.39 is 0 Å². The third-order valence-corrected chi connectivity index (χ3v) is 15.5. The Balaban J connectivity index is 1.00. The molecule has 354 valence electrons. The van der Waals surface area contributed by atoms with Gasteiger partial charge in [0.2, 0.25) is 0 Å². The van der Waals surface area contributed by atoms with E-state index in [0.29, 0.717) is 5.82 Å². The first-order valence-corrected chi connectivity index (χ1v) is 25.9. The quantitative estimate of drug-likeness (QED) is 0.160. The summed E-state index contributed by atoms with van der Waals surface area (Å²) in [5.41, 5.74) is 18.5. The molecule has 0 amide bonds. The number of nitrogens with zero attached hydrogens (tertiary/aromatic N) is 6. The Kier molecular flexibility index (Phi) is 9.23. The number of hydrogen-bond donors (Lipinski definition) is 0. The van der Waals surface area contributed by atoms with Crippen molar-refractivity contribution in [1.82, 2.24) is 28.2 Å². The molecule has 16 aromatic rings. The van der Waals surface area contributed by atoms with Crippen LogP contribution >= 0.6 is 0 Å². The lowest BCUT2D eigenvalue weighted by Gasteiger charge is -2.11. The van der Waals surface area contributed by atoms with E-state index in [0.717, 1.165) is 83.8 Å². The third kappa shape index (κ3) is 6.28. The Morgan fingerprint density at radius 3 is 1.22 bits per heavy atom. The van der Waals surface area contributed by atoms with Crippen LogP contribution in [0.4, 0.5) is 0 Å². The zero-order valence-corrected chi connectivity index (χ0v) is 41.1. The van der Waals surface area contributed by atoms with Crippen molar-refractivity contribution in [2.45, 2.75) is 0 Å². The van der Waals surface area contributed by atoms with Crippen LogP contribution in [0.15, 0.2) is 267 Å².